The van der Waals surface area contributed by atoms with Gasteiger partial charge in [0.05, 0.1) is 10.3 Å². The molecule has 138 valence electrons. The Balaban J connectivity index is 2.00. The zero-order chi connectivity index (χ0) is 19.1. The monoisotopic (exact) mass is 391 g/mol. The van der Waals surface area contributed by atoms with Crippen molar-refractivity contribution in [1.29, 1.82) is 0 Å². The molecule has 4 nitrogen and oxygen atoms in total. The molecule has 0 fully saturated rings. The Bertz CT molecular complexity index is 985. The summed E-state index contributed by atoms with van der Waals surface area (Å²) in [5.74, 6) is -0.484. The summed E-state index contributed by atoms with van der Waals surface area (Å²) in [6.07, 6.45) is 1.73. The van der Waals surface area contributed by atoms with Crippen LogP contribution in [-0.4, -0.2) is 14.3 Å². The largest absolute Gasteiger partial charge is 0.273 e. The first-order valence-electron chi connectivity index (χ1n) is 8.63. The Morgan fingerprint density at radius 3 is 2.65 bits per heavy atom. The number of sulfonamides is 1. The third-order valence-electron chi connectivity index (χ3n) is 5.33. The number of amides is 1. The van der Waals surface area contributed by atoms with Crippen LogP contribution in [-0.2, 0) is 26.7 Å². The van der Waals surface area contributed by atoms with Gasteiger partial charge in [0, 0.05) is 5.02 Å². The van der Waals surface area contributed by atoms with Crippen molar-refractivity contribution in [2.45, 2.75) is 50.3 Å². The lowest BCUT2D eigenvalue weighted by atomic mass is 9.79. The van der Waals surface area contributed by atoms with Crippen LogP contribution in [0.5, 0.6) is 0 Å². The number of carbonyl (C=O) groups excluding carboxylic acids is 1. The first-order valence-corrected chi connectivity index (χ1v) is 10.5. The molecular formula is C20H22ClNO3S. The van der Waals surface area contributed by atoms with E-state index in [2.05, 4.69) is 4.72 Å². The normalized spacial score (nSPS) is 19.2. The van der Waals surface area contributed by atoms with Gasteiger partial charge in [-0.15, -0.1) is 0 Å². The molecule has 1 atom stereocenters. The predicted molar refractivity (Wildman–Crippen MR) is 103 cm³/mol. The highest BCUT2D eigenvalue weighted by molar-refractivity contribution is 7.90. The van der Waals surface area contributed by atoms with Gasteiger partial charge in [0.1, 0.15) is 0 Å². The molecule has 2 aromatic rings. The van der Waals surface area contributed by atoms with Gasteiger partial charge in [0.2, 0.25) is 5.91 Å². The summed E-state index contributed by atoms with van der Waals surface area (Å²) in [5, 5.41) is 0.628. The molecule has 3 rings (SSSR count). The summed E-state index contributed by atoms with van der Waals surface area (Å²) >= 11 is 6.28. The Morgan fingerprint density at radius 2 is 1.96 bits per heavy atom. The molecule has 0 heterocycles. The van der Waals surface area contributed by atoms with Crippen LogP contribution in [0, 0.1) is 13.8 Å². The molecule has 26 heavy (non-hydrogen) atoms. The number of halogens is 1. The summed E-state index contributed by atoms with van der Waals surface area (Å²) in [5.41, 5.74) is 2.34. The standard InChI is InChI=1S/C20H22ClNO3S/c1-4-20(11-10-15-16(20)6-5-7-17(15)21)19(23)22-26(24,25)18-12-13(2)8-9-14(18)3/h5-9,12H,4,10-11H2,1-3H3,(H,22,23). The number of fused-ring (bicyclic) bond motifs is 1. The van der Waals surface area contributed by atoms with E-state index in [1.54, 1.807) is 25.1 Å². The molecule has 0 saturated heterocycles. The van der Waals surface area contributed by atoms with Gasteiger partial charge in [-0.3, -0.25) is 4.79 Å². The average Bonchev–Trinajstić information content (AvgIpc) is 2.98. The van der Waals surface area contributed by atoms with Crippen molar-refractivity contribution in [3.63, 3.8) is 0 Å². The maximum atomic E-state index is 13.1. The van der Waals surface area contributed by atoms with Crippen molar-refractivity contribution in [2.24, 2.45) is 0 Å². The summed E-state index contributed by atoms with van der Waals surface area (Å²) in [7, 11) is -3.94. The summed E-state index contributed by atoms with van der Waals surface area (Å²) < 4.78 is 28.0. The quantitative estimate of drug-likeness (QED) is 0.854. The van der Waals surface area contributed by atoms with E-state index in [1.165, 1.54) is 0 Å². The molecule has 0 bridgehead atoms. The topological polar surface area (TPSA) is 63.2 Å². The minimum Gasteiger partial charge on any atom is -0.273 e. The smallest absolute Gasteiger partial charge is 0.264 e. The average molecular weight is 392 g/mol. The van der Waals surface area contributed by atoms with Gasteiger partial charge in [0.15, 0.2) is 0 Å². The van der Waals surface area contributed by atoms with E-state index in [9.17, 15) is 13.2 Å². The predicted octanol–water partition coefficient (Wildman–Crippen LogP) is 4.06. The molecule has 0 spiro atoms. The van der Waals surface area contributed by atoms with Crippen LogP contribution in [0.1, 0.15) is 42.0 Å². The van der Waals surface area contributed by atoms with Crippen LogP contribution in [0.3, 0.4) is 0 Å². The number of hydrogen-bond donors (Lipinski definition) is 1. The minimum absolute atomic E-state index is 0.140. The molecule has 6 heteroatoms. The van der Waals surface area contributed by atoms with E-state index in [0.29, 0.717) is 29.8 Å². The van der Waals surface area contributed by atoms with Crippen molar-refractivity contribution in [1.82, 2.24) is 4.72 Å². The van der Waals surface area contributed by atoms with Crippen LogP contribution in [0.25, 0.3) is 0 Å². The van der Waals surface area contributed by atoms with Gasteiger partial charge < -0.3 is 0 Å². The molecular weight excluding hydrogens is 370 g/mol. The lowest BCUT2D eigenvalue weighted by Gasteiger charge is -2.28. The van der Waals surface area contributed by atoms with E-state index in [1.807, 2.05) is 32.0 Å². The highest BCUT2D eigenvalue weighted by atomic mass is 35.5. The molecule has 0 saturated carbocycles. The second kappa shape index (κ2) is 6.71. The minimum atomic E-state index is -3.94. The molecule has 0 aliphatic heterocycles. The number of nitrogens with one attached hydrogen (secondary N) is 1. The number of benzene rings is 2. The van der Waals surface area contributed by atoms with Gasteiger partial charge in [-0.25, -0.2) is 13.1 Å². The van der Waals surface area contributed by atoms with Crippen molar-refractivity contribution in [3.8, 4) is 0 Å². The molecule has 1 unspecified atom stereocenters. The number of aryl methyl sites for hydroxylation is 2. The van der Waals surface area contributed by atoms with Crippen LogP contribution in [0.2, 0.25) is 5.02 Å². The number of carbonyl (C=O) groups is 1. The highest BCUT2D eigenvalue weighted by Gasteiger charge is 2.45. The fourth-order valence-electron chi connectivity index (χ4n) is 3.77. The van der Waals surface area contributed by atoms with E-state index in [-0.39, 0.29) is 4.90 Å². The first-order chi connectivity index (χ1) is 12.2. The van der Waals surface area contributed by atoms with Gasteiger partial charge in [0.25, 0.3) is 10.0 Å². The second-order valence-corrected chi connectivity index (χ2v) is 8.96. The second-order valence-electron chi connectivity index (χ2n) is 6.91. The fraction of sp³-hybridized carbons (Fsp3) is 0.350. The lowest BCUT2D eigenvalue weighted by Crippen LogP contribution is -2.45. The first kappa shape index (κ1) is 18.9. The summed E-state index contributed by atoms with van der Waals surface area (Å²) in [6.45, 7) is 5.45. The molecule has 1 amide bonds. The molecule has 1 aliphatic rings. The molecule has 0 radical (unpaired) electrons. The van der Waals surface area contributed by atoms with Gasteiger partial charge in [-0.05, 0) is 67.5 Å². The Kier molecular flexibility index (Phi) is 4.88. The van der Waals surface area contributed by atoms with Crippen LogP contribution in [0.4, 0.5) is 0 Å². The van der Waals surface area contributed by atoms with E-state index in [0.717, 1.165) is 16.7 Å². The summed E-state index contributed by atoms with van der Waals surface area (Å²) in [4.78, 5) is 13.3. The molecule has 2 aromatic carbocycles. The van der Waals surface area contributed by atoms with Crippen LogP contribution >= 0.6 is 11.6 Å². The van der Waals surface area contributed by atoms with Crippen LogP contribution in [0.15, 0.2) is 41.3 Å². The van der Waals surface area contributed by atoms with Crippen LogP contribution < -0.4 is 4.72 Å². The molecule has 1 N–H and O–H groups in total. The van der Waals surface area contributed by atoms with Crippen molar-refractivity contribution >= 4 is 27.5 Å². The van der Waals surface area contributed by atoms with E-state index >= 15 is 0 Å². The number of hydrogen-bond acceptors (Lipinski definition) is 3. The van der Waals surface area contributed by atoms with Crippen molar-refractivity contribution < 1.29 is 13.2 Å². The fourth-order valence-corrected chi connectivity index (χ4v) is 5.42. The molecule has 1 aliphatic carbocycles. The maximum absolute atomic E-state index is 13.1. The SMILES string of the molecule is CCC1(C(=O)NS(=O)(=O)c2cc(C)ccc2C)CCc2c(Cl)cccc21. The summed E-state index contributed by atoms with van der Waals surface area (Å²) in [6, 6.07) is 10.7. The highest BCUT2D eigenvalue weighted by Crippen LogP contribution is 2.44. The number of rotatable bonds is 4. The van der Waals surface area contributed by atoms with E-state index in [4.69, 9.17) is 11.6 Å². The Labute approximate surface area is 159 Å². The van der Waals surface area contributed by atoms with Gasteiger partial charge in [-0.2, -0.15) is 0 Å². The Morgan fingerprint density at radius 1 is 1.23 bits per heavy atom. The third-order valence-corrected chi connectivity index (χ3v) is 7.16. The molecule has 0 aromatic heterocycles. The van der Waals surface area contributed by atoms with Crippen molar-refractivity contribution in [2.75, 3.05) is 0 Å². The lowest BCUT2D eigenvalue weighted by molar-refractivity contribution is -0.125. The van der Waals surface area contributed by atoms with E-state index < -0.39 is 21.3 Å². The maximum Gasteiger partial charge on any atom is 0.264 e. The van der Waals surface area contributed by atoms with Gasteiger partial charge in [-0.1, -0.05) is 42.8 Å². The third kappa shape index (κ3) is 3.03. The zero-order valence-electron chi connectivity index (χ0n) is 15.1. The van der Waals surface area contributed by atoms with Crippen molar-refractivity contribution in [3.05, 3.63) is 63.7 Å². The Hall–Kier alpha value is -1.85. The van der Waals surface area contributed by atoms with Gasteiger partial charge >= 0.3 is 0 Å². The zero-order valence-corrected chi connectivity index (χ0v) is 16.7.